The third-order valence-electron chi connectivity index (χ3n) is 4.37. The van der Waals surface area contributed by atoms with Gasteiger partial charge in [-0.15, -0.1) is 0 Å². The molecule has 0 saturated heterocycles. The van der Waals surface area contributed by atoms with Crippen molar-refractivity contribution in [3.8, 4) is 0 Å². The van der Waals surface area contributed by atoms with Crippen molar-refractivity contribution in [1.29, 1.82) is 0 Å². The number of para-hydroxylation sites is 1. The average Bonchev–Trinajstić information content (AvgIpc) is 3.33. The Kier molecular flexibility index (Phi) is 5.29. The molecular weight excluding hydrogens is 467 g/mol. The molecule has 0 fully saturated rings. The van der Waals surface area contributed by atoms with Crippen molar-refractivity contribution in [1.82, 2.24) is 4.57 Å². The molecule has 2 heterocycles. The summed E-state index contributed by atoms with van der Waals surface area (Å²) in [6.07, 6.45) is 3.92. The molecule has 0 aliphatic rings. The van der Waals surface area contributed by atoms with Crippen molar-refractivity contribution in [2.24, 2.45) is 4.99 Å². The van der Waals surface area contributed by atoms with Gasteiger partial charge < -0.3 is 13.7 Å². The molecule has 4 rings (SSSR count). The highest BCUT2D eigenvalue weighted by molar-refractivity contribution is 14.1. The summed E-state index contributed by atoms with van der Waals surface area (Å²) in [6, 6.07) is 19.6. The van der Waals surface area contributed by atoms with Crippen molar-refractivity contribution in [2.45, 2.75) is 6.54 Å². The third-order valence-corrected chi connectivity index (χ3v) is 5.09. The summed E-state index contributed by atoms with van der Waals surface area (Å²) >= 11 is 2.28. The Labute approximate surface area is 175 Å². The minimum absolute atomic E-state index is 0.203. The molecule has 140 valence electrons. The number of halogens is 1. The maximum Gasteiger partial charge on any atom is 0.373 e. The molecule has 0 N–H and O–H groups in total. The highest BCUT2D eigenvalue weighted by Gasteiger charge is 2.13. The summed E-state index contributed by atoms with van der Waals surface area (Å²) in [5.41, 5.74) is 3.00. The quantitative estimate of drug-likeness (QED) is 0.216. The van der Waals surface area contributed by atoms with Gasteiger partial charge in [-0.3, -0.25) is 4.99 Å². The van der Waals surface area contributed by atoms with Gasteiger partial charge in [-0.25, -0.2) is 4.79 Å². The summed E-state index contributed by atoms with van der Waals surface area (Å²) in [7, 11) is 1.34. The van der Waals surface area contributed by atoms with Crippen LogP contribution in [0.5, 0.6) is 0 Å². The number of carbonyl (C=O) groups is 1. The van der Waals surface area contributed by atoms with Gasteiger partial charge in [0.25, 0.3) is 0 Å². The van der Waals surface area contributed by atoms with E-state index < -0.39 is 5.97 Å². The molecule has 0 radical (unpaired) electrons. The highest BCUT2D eigenvalue weighted by atomic mass is 127. The topological polar surface area (TPSA) is 56.7 Å². The van der Waals surface area contributed by atoms with Crippen LogP contribution >= 0.6 is 22.6 Å². The van der Waals surface area contributed by atoms with Gasteiger partial charge in [-0.05, 0) is 65.1 Å². The number of esters is 1. The number of ether oxygens (including phenoxy) is 1. The van der Waals surface area contributed by atoms with Crippen LogP contribution in [-0.2, 0) is 11.3 Å². The maximum absolute atomic E-state index is 11.6. The molecule has 0 atom stereocenters. The highest BCUT2D eigenvalue weighted by Crippen LogP contribution is 2.23. The number of methoxy groups -OCH3 is 1. The Morgan fingerprint density at radius 3 is 2.71 bits per heavy atom. The van der Waals surface area contributed by atoms with E-state index in [-0.39, 0.29) is 5.76 Å². The molecule has 2 aromatic carbocycles. The van der Waals surface area contributed by atoms with Crippen LogP contribution in [0.2, 0.25) is 0 Å². The van der Waals surface area contributed by atoms with Gasteiger partial charge >= 0.3 is 5.97 Å². The van der Waals surface area contributed by atoms with E-state index in [1.54, 1.807) is 12.1 Å². The van der Waals surface area contributed by atoms with E-state index in [1.165, 1.54) is 10.7 Å². The second kappa shape index (κ2) is 8.02. The number of furan rings is 1. The number of hydrogen-bond acceptors (Lipinski definition) is 4. The molecule has 0 bridgehead atoms. The molecule has 0 saturated carbocycles. The van der Waals surface area contributed by atoms with Crippen molar-refractivity contribution >= 4 is 51.4 Å². The predicted octanol–water partition coefficient (Wildman–Crippen LogP) is 5.42. The molecular formula is C22H17IN2O3. The van der Waals surface area contributed by atoms with Crippen molar-refractivity contribution in [2.75, 3.05) is 7.11 Å². The summed E-state index contributed by atoms with van der Waals surface area (Å²) < 4.78 is 13.6. The first-order valence-electron chi connectivity index (χ1n) is 8.68. The largest absolute Gasteiger partial charge is 0.463 e. The Morgan fingerprint density at radius 1 is 1.14 bits per heavy atom. The van der Waals surface area contributed by atoms with E-state index >= 15 is 0 Å². The van der Waals surface area contributed by atoms with Crippen LogP contribution in [-0.4, -0.2) is 23.9 Å². The van der Waals surface area contributed by atoms with Gasteiger partial charge in [0.05, 0.1) is 19.3 Å². The molecule has 4 aromatic rings. The van der Waals surface area contributed by atoms with Gasteiger partial charge in [0.15, 0.2) is 0 Å². The molecule has 0 aliphatic carbocycles. The van der Waals surface area contributed by atoms with Crippen LogP contribution in [0.15, 0.2) is 76.3 Å². The lowest BCUT2D eigenvalue weighted by atomic mass is 10.2. The lowest BCUT2D eigenvalue weighted by molar-refractivity contribution is 0.0563. The van der Waals surface area contributed by atoms with Crippen LogP contribution in [0.1, 0.15) is 21.9 Å². The zero-order valence-electron chi connectivity index (χ0n) is 15.1. The minimum atomic E-state index is -0.478. The van der Waals surface area contributed by atoms with Crippen molar-refractivity contribution in [3.05, 3.63) is 87.5 Å². The van der Waals surface area contributed by atoms with Gasteiger partial charge in [0, 0.05) is 32.4 Å². The van der Waals surface area contributed by atoms with Gasteiger partial charge in [-0.1, -0.05) is 18.2 Å². The van der Waals surface area contributed by atoms with Gasteiger partial charge in [0.1, 0.15) is 5.76 Å². The average molecular weight is 484 g/mol. The second-order valence-corrected chi connectivity index (χ2v) is 7.47. The van der Waals surface area contributed by atoms with Gasteiger partial charge in [0.2, 0.25) is 5.76 Å². The number of fused-ring (bicyclic) bond motifs is 1. The fourth-order valence-corrected chi connectivity index (χ4v) is 3.38. The molecule has 0 aliphatic heterocycles. The number of aliphatic imine (C=N–C) groups is 1. The zero-order valence-corrected chi connectivity index (χ0v) is 17.3. The lowest BCUT2D eigenvalue weighted by Gasteiger charge is -2.02. The van der Waals surface area contributed by atoms with Crippen molar-refractivity contribution < 1.29 is 13.9 Å². The van der Waals surface area contributed by atoms with E-state index in [1.807, 2.05) is 48.8 Å². The molecule has 2 aromatic heterocycles. The summed E-state index contributed by atoms with van der Waals surface area (Å²) in [6.45, 7) is 0.509. The van der Waals surface area contributed by atoms with E-state index in [0.717, 1.165) is 22.2 Å². The smallest absolute Gasteiger partial charge is 0.373 e. The Bertz CT molecular complexity index is 1160. The number of nitrogens with zero attached hydrogens (tertiary/aromatic N) is 2. The number of hydrogen-bond donors (Lipinski definition) is 0. The molecule has 0 spiro atoms. The summed E-state index contributed by atoms with van der Waals surface area (Å²) in [5.74, 6) is 0.408. The fourth-order valence-electron chi connectivity index (χ4n) is 3.02. The monoisotopic (exact) mass is 484 g/mol. The lowest BCUT2D eigenvalue weighted by Crippen LogP contribution is -1.99. The molecule has 28 heavy (non-hydrogen) atoms. The van der Waals surface area contributed by atoms with Crippen LogP contribution in [0.3, 0.4) is 0 Å². The van der Waals surface area contributed by atoms with Crippen LogP contribution in [0.25, 0.3) is 10.9 Å². The minimum Gasteiger partial charge on any atom is -0.463 e. The van der Waals surface area contributed by atoms with E-state index in [4.69, 9.17) is 9.15 Å². The SMILES string of the molecule is COC(=O)c1ccc(Cn2cc(C=Nc3ccc(I)cc3)c3ccccc32)o1. The van der Waals surface area contributed by atoms with Crippen LogP contribution < -0.4 is 0 Å². The number of carbonyl (C=O) groups excluding carboxylic acids is 1. The Balaban J connectivity index is 1.65. The standard InChI is InChI=1S/C22H17IN2O3/c1-27-22(26)21-11-10-18(28-21)14-25-13-15(19-4-2-3-5-20(19)25)12-24-17-8-6-16(23)7-9-17/h2-13H,14H2,1H3. The van der Waals surface area contributed by atoms with E-state index in [9.17, 15) is 4.79 Å². The third kappa shape index (κ3) is 3.87. The number of aromatic nitrogens is 1. The fraction of sp³-hybridized carbons (Fsp3) is 0.0909. The molecule has 0 unspecified atom stereocenters. The molecule has 0 amide bonds. The summed E-state index contributed by atoms with van der Waals surface area (Å²) in [5, 5.41) is 1.11. The number of rotatable bonds is 5. The molecule has 6 heteroatoms. The maximum atomic E-state index is 11.6. The summed E-state index contributed by atoms with van der Waals surface area (Å²) in [4.78, 5) is 16.2. The first kappa shape index (κ1) is 18.5. The Morgan fingerprint density at radius 2 is 1.93 bits per heavy atom. The second-order valence-electron chi connectivity index (χ2n) is 6.22. The van der Waals surface area contributed by atoms with E-state index in [2.05, 4.69) is 44.3 Å². The Hall–Kier alpha value is -2.87. The first-order chi connectivity index (χ1) is 13.6. The first-order valence-corrected chi connectivity index (χ1v) is 9.76. The van der Waals surface area contributed by atoms with Crippen LogP contribution in [0, 0.1) is 3.57 Å². The van der Waals surface area contributed by atoms with Gasteiger partial charge in [-0.2, -0.15) is 0 Å². The zero-order chi connectivity index (χ0) is 19.5. The predicted molar refractivity (Wildman–Crippen MR) is 118 cm³/mol. The van der Waals surface area contributed by atoms with Crippen molar-refractivity contribution in [3.63, 3.8) is 0 Å². The number of benzene rings is 2. The van der Waals surface area contributed by atoms with Crippen LogP contribution in [0.4, 0.5) is 5.69 Å². The molecule has 5 nitrogen and oxygen atoms in total. The van der Waals surface area contributed by atoms with E-state index in [0.29, 0.717) is 12.3 Å². The normalized spacial score (nSPS) is 11.4.